The highest BCUT2D eigenvalue weighted by Crippen LogP contribution is 2.24. The van der Waals surface area contributed by atoms with Crippen LogP contribution in [0.15, 0.2) is 36.4 Å². The molecule has 0 aliphatic carbocycles. The predicted molar refractivity (Wildman–Crippen MR) is 75.7 cm³/mol. The first-order chi connectivity index (χ1) is 9.08. The van der Waals surface area contributed by atoms with Crippen LogP contribution in [0.4, 0.5) is 5.69 Å². The Morgan fingerprint density at radius 3 is 2.47 bits per heavy atom. The Morgan fingerprint density at radius 2 is 1.84 bits per heavy atom. The molecule has 1 aromatic heterocycles. The third-order valence-electron chi connectivity index (χ3n) is 2.75. The molecule has 0 saturated carbocycles. The van der Waals surface area contributed by atoms with Gasteiger partial charge in [-0.05, 0) is 31.6 Å². The lowest BCUT2D eigenvalue weighted by molar-refractivity contribution is -0.385. The number of hydrogen-bond acceptors (Lipinski definition) is 3. The molecule has 19 heavy (non-hydrogen) atoms. The van der Waals surface area contributed by atoms with Crippen LogP contribution in [0, 0.1) is 24.0 Å². The second kappa shape index (κ2) is 5.44. The van der Waals surface area contributed by atoms with Crippen molar-refractivity contribution in [3.63, 3.8) is 0 Å². The lowest BCUT2D eigenvalue weighted by Gasteiger charge is -2.02. The van der Waals surface area contributed by atoms with Gasteiger partial charge < -0.3 is 0 Å². The SMILES string of the molecule is Cc1cc(C)c([N+](=O)[O-])c(C=Cc2ccccc2)n1. The number of hydrogen-bond donors (Lipinski definition) is 0. The summed E-state index contributed by atoms with van der Waals surface area (Å²) in [4.78, 5) is 15.0. The van der Waals surface area contributed by atoms with E-state index in [0.29, 0.717) is 11.3 Å². The first-order valence-corrected chi connectivity index (χ1v) is 5.93. The average Bonchev–Trinajstić information content (AvgIpc) is 2.36. The maximum absolute atomic E-state index is 11.1. The van der Waals surface area contributed by atoms with Gasteiger partial charge in [-0.3, -0.25) is 10.1 Å². The third-order valence-corrected chi connectivity index (χ3v) is 2.75. The van der Waals surface area contributed by atoms with Gasteiger partial charge >= 0.3 is 0 Å². The smallest absolute Gasteiger partial charge is 0.258 e. The maximum atomic E-state index is 11.1. The van der Waals surface area contributed by atoms with Crippen LogP contribution in [0.3, 0.4) is 0 Å². The fourth-order valence-corrected chi connectivity index (χ4v) is 1.95. The van der Waals surface area contributed by atoms with Crippen LogP contribution in [0.2, 0.25) is 0 Å². The van der Waals surface area contributed by atoms with Gasteiger partial charge in [0.1, 0.15) is 5.69 Å². The van der Waals surface area contributed by atoms with Crippen molar-refractivity contribution < 1.29 is 4.92 Å². The van der Waals surface area contributed by atoms with E-state index in [9.17, 15) is 10.1 Å². The molecule has 0 atom stereocenters. The van der Waals surface area contributed by atoms with Gasteiger partial charge in [0.25, 0.3) is 5.69 Å². The van der Waals surface area contributed by atoms with E-state index in [1.165, 1.54) is 0 Å². The second-order valence-electron chi connectivity index (χ2n) is 4.32. The molecule has 2 rings (SSSR count). The molecule has 0 unspecified atom stereocenters. The number of nitrogens with zero attached hydrogens (tertiary/aromatic N) is 2. The van der Waals surface area contributed by atoms with Crippen molar-refractivity contribution in [2.75, 3.05) is 0 Å². The van der Waals surface area contributed by atoms with E-state index in [1.807, 2.05) is 43.3 Å². The van der Waals surface area contributed by atoms with Crippen molar-refractivity contribution >= 4 is 17.8 Å². The van der Waals surface area contributed by atoms with Crippen molar-refractivity contribution in [2.45, 2.75) is 13.8 Å². The lowest BCUT2D eigenvalue weighted by atomic mass is 10.1. The Labute approximate surface area is 111 Å². The molecular weight excluding hydrogens is 240 g/mol. The van der Waals surface area contributed by atoms with Gasteiger partial charge in [0, 0.05) is 11.3 Å². The van der Waals surface area contributed by atoms with Crippen molar-refractivity contribution in [1.29, 1.82) is 0 Å². The molecule has 2 aromatic rings. The Bertz CT molecular complexity index is 634. The zero-order valence-corrected chi connectivity index (χ0v) is 10.8. The van der Waals surface area contributed by atoms with Crippen molar-refractivity contribution in [3.8, 4) is 0 Å². The van der Waals surface area contributed by atoms with Gasteiger partial charge in [-0.1, -0.05) is 36.4 Å². The molecule has 0 spiro atoms. The quantitative estimate of drug-likeness (QED) is 0.618. The number of aryl methyl sites for hydroxylation is 2. The van der Waals surface area contributed by atoms with E-state index in [0.717, 1.165) is 11.3 Å². The fraction of sp³-hybridized carbons (Fsp3) is 0.133. The zero-order valence-electron chi connectivity index (χ0n) is 10.8. The predicted octanol–water partition coefficient (Wildman–Crippen LogP) is 3.78. The summed E-state index contributed by atoms with van der Waals surface area (Å²) in [6.07, 6.45) is 3.52. The van der Waals surface area contributed by atoms with Gasteiger partial charge in [-0.15, -0.1) is 0 Å². The van der Waals surface area contributed by atoms with Crippen LogP contribution in [-0.2, 0) is 0 Å². The van der Waals surface area contributed by atoms with E-state index in [4.69, 9.17) is 0 Å². The molecule has 0 bridgehead atoms. The maximum Gasteiger partial charge on any atom is 0.297 e. The van der Waals surface area contributed by atoms with Crippen LogP contribution in [0.1, 0.15) is 22.5 Å². The summed E-state index contributed by atoms with van der Waals surface area (Å²) in [5, 5.41) is 11.1. The Morgan fingerprint density at radius 1 is 1.16 bits per heavy atom. The highest BCUT2D eigenvalue weighted by Gasteiger charge is 2.17. The summed E-state index contributed by atoms with van der Waals surface area (Å²) < 4.78 is 0. The average molecular weight is 254 g/mol. The number of rotatable bonds is 3. The fourth-order valence-electron chi connectivity index (χ4n) is 1.95. The minimum Gasteiger partial charge on any atom is -0.258 e. The number of benzene rings is 1. The van der Waals surface area contributed by atoms with Crippen LogP contribution in [0.5, 0.6) is 0 Å². The normalized spacial score (nSPS) is 10.8. The van der Waals surface area contributed by atoms with Crippen molar-refractivity contribution in [1.82, 2.24) is 4.98 Å². The summed E-state index contributed by atoms with van der Waals surface area (Å²) >= 11 is 0. The van der Waals surface area contributed by atoms with Crippen LogP contribution in [0.25, 0.3) is 12.2 Å². The van der Waals surface area contributed by atoms with E-state index in [-0.39, 0.29) is 10.6 Å². The molecule has 4 nitrogen and oxygen atoms in total. The van der Waals surface area contributed by atoms with Gasteiger partial charge in [0.05, 0.1) is 4.92 Å². The number of nitro groups is 1. The Hall–Kier alpha value is -2.49. The largest absolute Gasteiger partial charge is 0.297 e. The second-order valence-corrected chi connectivity index (χ2v) is 4.32. The van der Waals surface area contributed by atoms with Gasteiger partial charge in [0.15, 0.2) is 0 Å². The standard InChI is InChI=1S/C15H14N2O2/c1-11-10-12(2)16-14(15(11)17(18)19)9-8-13-6-4-3-5-7-13/h3-10H,1-2H3. The molecule has 0 fully saturated rings. The molecule has 0 aliphatic rings. The van der Waals surface area contributed by atoms with Gasteiger partial charge in [-0.2, -0.15) is 0 Å². The minimum atomic E-state index is -0.382. The molecule has 0 N–H and O–H groups in total. The van der Waals surface area contributed by atoms with Crippen LogP contribution >= 0.6 is 0 Å². The van der Waals surface area contributed by atoms with Gasteiger partial charge in [-0.25, -0.2) is 4.98 Å². The van der Waals surface area contributed by atoms with E-state index >= 15 is 0 Å². The topological polar surface area (TPSA) is 56.0 Å². The monoisotopic (exact) mass is 254 g/mol. The Balaban J connectivity index is 2.45. The zero-order chi connectivity index (χ0) is 13.8. The molecule has 0 radical (unpaired) electrons. The van der Waals surface area contributed by atoms with Crippen molar-refractivity contribution in [3.05, 3.63) is 69.0 Å². The Kier molecular flexibility index (Phi) is 3.71. The first kappa shape index (κ1) is 13.0. The van der Waals surface area contributed by atoms with E-state index in [2.05, 4.69) is 4.98 Å². The van der Waals surface area contributed by atoms with E-state index < -0.39 is 0 Å². The summed E-state index contributed by atoms with van der Waals surface area (Å²) in [7, 11) is 0. The van der Waals surface area contributed by atoms with Crippen LogP contribution < -0.4 is 0 Å². The van der Waals surface area contributed by atoms with Crippen molar-refractivity contribution in [2.24, 2.45) is 0 Å². The molecule has 4 heteroatoms. The third kappa shape index (κ3) is 3.04. The summed E-state index contributed by atoms with van der Waals surface area (Å²) in [5.74, 6) is 0. The van der Waals surface area contributed by atoms with E-state index in [1.54, 1.807) is 19.1 Å². The summed E-state index contributed by atoms with van der Waals surface area (Å²) in [6.45, 7) is 3.56. The highest BCUT2D eigenvalue weighted by atomic mass is 16.6. The minimum absolute atomic E-state index is 0.0674. The molecule has 1 aromatic carbocycles. The lowest BCUT2D eigenvalue weighted by Crippen LogP contribution is -1.99. The molecular formula is C15H14N2O2. The summed E-state index contributed by atoms with van der Waals surface area (Å²) in [6, 6.07) is 11.4. The van der Waals surface area contributed by atoms with Gasteiger partial charge in [0.2, 0.25) is 0 Å². The molecule has 0 aliphatic heterocycles. The highest BCUT2D eigenvalue weighted by molar-refractivity contribution is 5.73. The molecule has 0 amide bonds. The number of aromatic nitrogens is 1. The summed E-state index contributed by atoms with van der Waals surface area (Å²) in [5.41, 5.74) is 2.85. The van der Waals surface area contributed by atoms with Crippen LogP contribution in [-0.4, -0.2) is 9.91 Å². The molecule has 96 valence electrons. The molecule has 0 saturated heterocycles. The number of pyridine rings is 1. The molecule has 1 heterocycles. The first-order valence-electron chi connectivity index (χ1n) is 5.93.